The van der Waals surface area contributed by atoms with Crippen LogP contribution in [0.3, 0.4) is 0 Å². The fourth-order valence-electron chi connectivity index (χ4n) is 3.76. The first-order chi connectivity index (χ1) is 14.7. The van der Waals surface area contributed by atoms with Crippen molar-refractivity contribution in [2.24, 2.45) is 0 Å². The fraction of sp³-hybridized carbons (Fsp3) is 0.280. The van der Waals surface area contributed by atoms with Crippen molar-refractivity contribution in [1.29, 1.82) is 0 Å². The standard InChI is InChI=1S/C25H26ClNO2S/c1-28-22-9-5-6-10-24(22)30-25(20-11-13-21(26)14-12-20)23-18-27(15-16-29-23)17-19-7-3-2-4-8-19/h2-14,23,25H,15-18H2,1H3/t23-,25?/m0/s1. The van der Waals surface area contributed by atoms with E-state index in [4.69, 9.17) is 21.1 Å². The summed E-state index contributed by atoms with van der Waals surface area (Å²) < 4.78 is 11.9. The summed E-state index contributed by atoms with van der Waals surface area (Å²) in [6, 6.07) is 26.9. The van der Waals surface area contributed by atoms with Gasteiger partial charge >= 0.3 is 0 Å². The van der Waals surface area contributed by atoms with Crippen LogP contribution in [0.4, 0.5) is 0 Å². The Morgan fingerprint density at radius 3 is 2.53 bits per heavy atom. The van der Waals surface area contributed by atoms with E-state index in [2.05, 4.69) is 53.4 Å². The van der Waals surface area contributed by atoms with Crippen LogP contribution in [-0.2, 0) is 11.3 Å². The number of rotatable bonds is 7. The second-order valence-electron chi connectivity index (χ2n) is 7.37. The number of hydrogen-bond donors (Lipinski definition) is 0. The molecular weight excluding hydrogens is 414 g/mol. The molecule has 156 valence electrons. The lowest BCUT2D eigenvalue weighted by molar-refractivity contribution is -0.0319. The van der Waals surface area contributed by atoms with Crippen LogP contribution in [0.2, 0.25) is 5.02 Å². The van der Waals surface area contributed by atoms with Gasteiger partial charge in [-0.15, -0.1) is 11.8 Å². The molecule has 1 heterocycles. The average Bonchev–Trinajstić information content (AvgIpc) is 2.79. The van der Waals surface area contributed by atoms with Gasteiger partial charge in [0.15, 0.2) is 0 Å². The van der Waals surface area contributed by atoms with Crippen molar-refractivity contribution in [3.63, 3.8) is 0 Å². The van der Waals surface area contributed by atoms with Crippen molar-refractivity contribution in [1.82, 2.24) is 4.90 Å². The highest BCUT2D eigenvalue weighted by Crippen LogP contribution is 2.43. The van der Waals surface area contributed by atoms with Crippen LogP contribution in [0.15, 0.2) is 83.8 Å². The van der Waals surface area contributed by atoms with Gasteiger partial charge in [0.2, 0.25) is 0 Å². The lowest BCUT2D eigenvalue weighted by Crippen LogP contribution is -2.44. The Hall–Kier alpha value is -1.98. The van der Waals surface area contributed by atoms with E-state index in [1.807, 2.05) is 30.3 Å². The van der Waals surface area contributed by atoms with E-state index in [-0.39, 0.29) is 11.4 Å². The van der Waals surface area contributed by atoms with Crippen LogP contribution in [0.5, 0.6) is 5.75 Å². The lowest BCUT2D eigenvalue weighted by Gasteiger charge is -2.37. The number of methoxy groups -OCH3 is 1. The van der Waals surface area contributed by atoms with Gasteiger partial charge in [-0.1, -0.05) is 66.2 Å². The fourth-order valence-corrected chi connectivity index (χ4v) is 5.20. The molecule has 30 heavy (non-hydrogen) atoms. The van der Waals surface area contributed by atoms with Crippen molar-refractivity contribution in [3.05, 3.63) is 95.0 Å². The van der Waals surface area contributed by atoms with E-state index in [0.29, 0.717) is 0 Å². The highest BCUT2D eigenvalue weighted by atomic mass is 35.5. The minimum absolute atomic E-state index is 0.0681. The third kappa shape index (κ3) is 5.38. The Bertz CT molecular complexity index is 935. The molecule has 3 aromatic rings. The smallest absolute Gasteiger partial charge is 0.132 e. The molecule has 0 saturated carbocycles. The number of thioether (sulfide) groups is 1. The molecular formula is C25H26ClNO2S. The molecule has 3 nitrogen and oxygen atoms in total. The van der Waals surface area contributed by atoms with Crippen LogP contribution in [0.25, 0.3) is 0 Å². The molecule has 1 saturated heterocycles. The second-order valence-corrected chi connectivity index (χ2v) is 8.99. The zero-order chi connectivity index (χ0) is 20.8. The largest absolute Gasteiger partial charge is 0.496 e. The first-order valence-electron chi connectivity index (χ1n) is 10.2. The SMILES string of the molecule is COc1ccccc1SC(c1ccc(Cl)cc1)[C@@H]1CN(Cc2ccccc2)CCO1. The summed E-state index contributed by atoms with van der Waals surface area (Å²) in [5.41, 5.74) is 2.54. The zero-order valence-corrected chi connectivity index (χ0v) is 18.6. The van der Waals surface area contributed by atoms with Gasteiger partial charge < -0.3 is 9.47 Å². The van der Waals surface area contributed by atoms with Gasteiger partial charge in [0, 0.05) is 24.7 Å². The van der Waals surface area contributed by atoms with Crippen molar-refractivity contribution < 1.29 is 9.47 Å². The Morgan fingerprint density at radius 1 is 1.03 bits per heavy atom. The maximum atomic E-state index is 6.30. The molecule has 0 aromatic heterocycles. The van der Waals surface area contributed by atoms with Gasteiger partial charge in [-0.25, -0.2) is 0 Å². The molecule has 0 radical (unpaired) electrons. The highest BCUT2D eigenvalue weighted by molar-refractivity contribution is 7.99. The third-order valence-corrected chi connectivity index (χ3v) is 6.96. The molecule has 0 spiro atoms. The normalized spacial score (nSPS) is 18.1. The summed E-state index contributed by atoms with van der Waals surface area (Å²) in [6.45, 7) is 3.49. The monoisotopic (exact) mass is 439 g/mol. The predicted molar refractivity (Wildman–Crippen MR) is 125 cm³/mol. The Labute approximate surface area is 188 Å². The molecule has 1 aliphatic heterocycles. The number of benzene rings is 3. The second kappa shape index (κ2) is 10.4. The molecule has 5 heteroatoms. The zero-order valence-electron chi connectivity index (χ0n) is 17.0. The van der Waals surface area contributed by atoms with E-state index in [0.717, 1.165) is 41.9 Å². The number of nitrogens with zero attached hydrogens (tertiary/aromatic N) is 1. The van der Waals surface area contributed by atoms with Gasteiger partial charge in [-0.3, -0.25) is 4.90 Å². The minimum atomic E-state index is 0.0681. The van der Waals surface area contributed by atoms with Gasteiger partial charge in [0.25, 0.3) is 0 Å². The average molecular weight is 440 g/mol. The number of morpholine rings is 1. The van der Waals surface area contributed by atoms with E-state index in [9.17, 15) is 0 Å². The Balaban J connectivity index is 1.57. The molecule has 4 rings (SSSR count). The van der Waals surface area contributed by atoms with Crippen LogP contribution >= 0.6 is 23.4 Å². The minimum Gasteiger partial charge on any atom is -0.496 e. The summed E-state index contributed by atoms with van der Waals surface area (Å²) >= 11 is 7.95. The quantitative estimate of drug-likeness (QED) is 0.415. The Kier molecular flexibility index (Phi) is 7.34. The molecule has 0 N–H and O–H groups in total. The summed E-state index contributed by atoms with van der Waals surface area (Å²) in [6.07, 6.45) is 0.0681. The maximum Gasteiger partial charge on any atom is 0.132 e. The Morgan fingerprint density at radius 2 is 1.77 bits per heavy atom. The maximum absolute atomic E-state index is 6.30. The van der Waals surface area contributed by atoms with E-state index in [1.54, 1.807) is 18.9 Å². The van der Waals surface area contributed by atoms with Crippen LogP contribution in [0.1, 0.15) is 16.4 Å². The third-order valence-electron chi connectivity index (χ3n) is 5.29. The van der Waals surface area contributed by atoms with Gasteiger partial charge in [0.05, 0.1) is 30.0 Å². The van der Waals surface area contributed by atoms with Gasteiger partial charge in [-0.05, 0) is 35.4 Å². The number of para-hydroxylation sites is 1. The number of hydrogen-bond acceptors (Lipinski definition) is 4. The molecule has 0 bridgehead atoms. The molecule has 1 aliphatic rings. The van der Waals surface area contributed by atoms with Crippen LogP contribution in [-0.4, -0.2) is 37.8 Å². The molecule has 0 aliphatic carbocycles. The molecule has 2 atom stereocenters. The van der Waals surface area contributed by atoms with Crippen molar-refractivity contribution in [3.8, 4) is 5.75 Å². The molecule has 3 aromatic carbocycles. The van der Waals surface area contributed by atoms with E-state index < -0.39 is 0 Å². The molecule has 1 unspecified atom stereocenters. The molecule has 1 fully saturated rings. The highest BCUT2D eigenvalue weighted by Gasteiger charge is 2.31. The first-order valence-corrected chi connectivity index (χ1v) is 11.4. The summed E-state index contributed by atoms with van der Waals surface area (Å²) in [4.78, 5) is 3.60. The summed E-state index contributed by atoms with van der Waals surface area (Å²) in [5, 5.41) is 0.882. The summed E-state index contributed by atoms with van der Waals surface area (Å²) in [5.74, 6) is 0.887. The number of ether oxygens (including phenoxy) is 2. The lowest BCUT2D eigenvalue weighted by atomic mass is 10.1. The van der Waals surface area contributed by atoms with Crippen LogP contribution < -0.4 is 4.74 Å². The van der Waals surface area contributed by atoms with Crippen LogP contribution in [0, 0.1) is 0 Å². The van der Waals surface area contributed by atoms with Gasteiger partial charge in [-0.2, -0.15) is 0 Å². The predicted octanol–water partition coefficient (Wildman–Crippen LogP) is 6.08. The number of halogens is 1. The van der Waals surface area contributed by atoms with Gasteiger partial charge in [0.1, 0.15) is 5.75 Å². The van der Waals surface area contributed by atoms with E-state index >= 15 is 0 Å². The molecule has 0 amide bonds. The first kappa shape index (κ1) is 21.3. The van der Waals surface area contributed by atoms with Crippen molar-refractivity contribution in [2.45, 2.75) is 22.8 Å². The van der Waals surface area contributed by atoms with E-state index in [1.165, 1.54) is 11.1 Å². The van der Waals surface area contributed by atoms with Crippen molar-refractivity contribution >= 4 is 23.4 Å². The topological polar surface area (TPSA) is 21.7 Å². The summed E-state index contributed by atoms with van der Waals surface area (Å²) in [7, 11) is 1.72. The van der Waals surface area contributed by atoms with Crippen molar-refractivity contribution in [2.75, 3.05) is 26.8 Å².